The van der Waals surface area contributed by atoms with Crippen molar-refractivity contribution in [2.24, 2.45) is 5.73 Å². The van der Waals surface area contributed by atoms with E-state index in [1.807, 2.05) is 0 Å². The number of amides is 1. The highest BCUT2D eigenvalue weighted by Crippen LogP contribution is 2.31. The average molecular weight is 283 g/mol. The van der Waals surface area contributed by atoms with Gasteiger partial charge in [0.15, 0.2) is 0 Å². The van der Waals surface area contributed by atoms with E-state index in [1.54, 1.807) is 24.3 Å². The van der Waals surface area contributed by atoms with Crippen LogP contribution in [0.15, 0.2) is 24.3 Å². The Bertz CT molecular complexity index is 594. The van der Waals surface area contributed by atoms with Gasteiger partial charge in [-0.25, -0.2) is 8.42 Å². The van der Waals surface area contributed by atoms with E-state index < -0.39 is 15.6 Å². The van der Waals surface area contributed by atoms with E-state index in [1.165, 1.54) is 0 Å². The van der Waals surface area contributed by atoms with Crippen LogP contribution in [0.4, 0.5) is 11.4 Å². The van der Waals surface area contributed by atoms with Gasteiger partial charge in [0.1, 0.15) is 0 Å². The molecule has 1 amide bonds. The zero-order valence-corrected chi connectivity index (χ0v) is 11.5. The van der Waals surface area contributed by atoms with Crippen molar-refractivity contribution in [2.45, 2.75) is 24.8 Å². The second kappa shape index (κ2) is 4.82. The van der Waals surface area contributed by atoms with Crippen molar-refractivity contribution in [3.63, 3.8) is 0 Å². The van der Waals surface area contributed by atoms with Crippen molar-refractivity contribution >= 4 is 27.3 Å². The number of hydrogen-bond donors (Lipinski definition) is 3. The summed E-state index contributed by atoms with van der Waals surface area (Å²) >= 11 is 0. The first-order chi connectivity index (χ1) is 8.80. The van der Waals surface area contributed by atoms with Crippen molar-refractivity contribution in [3.05, 3.63) is 24.3 Å². The van der Waals surface area contributed by atoms with Crippen LogP contribution in [-0.2, 0) is 14.8 Å². The SMILES string of the molecule is CS(=O)(=O)Nc1ccccc1NC(=O)C1(N)CCC1. The molecule has 0 atom stereocenters. The molecule has 104 valence electrons. The van der Waals surface area contributed by atoms with Gasteiger partial charge in [0.05, 0.1) is 23.2 Å². The second-order valence-electron chi connectivity index (χ2n) is 4.88. The number of rotatable bonds is 4. The average Bonchev–Trinajstić information content (AvgIpc) is 2.26. The lowest BCUT2D eigenvalue weighted by Gasteiger charge is -2.36. The van der Waals surface area contributed by atoms with Gasteiger partial charge in [0, 0.05) is 0 Å². The van der Waals surface area contributed by atoms with Crippen LogP contribution in [0.1, 0.15) is 19.3 Å². The minimum absolute atomic E-state index is 0.276. The Morgan fingerprint density at radius 3 is 2.32 bits per heavy atom. The first kappa shape index (κ1) is 13.8. The van der Waals surface area contributed by atoms with Gasteiger partial charge in [-0.3, -0.25) is 9.52 Å². The van der Waals surface area contributed by atoms with E-state index in [-0.39, 0.29) is 5.91 Å². The molecule has 1 fully saturated rings. The van der Waals surface area contributed by atoms with Gasteiger partial charge >= 0.3 is 0 Å². The molecule has 1 aromatic carbocycles. The van der Waals surface area contributed by atoms with E-state index in [2.05, 4.69) is 10.0 Å². The Kier molecular flexibility index (Phi) is 3.51. The Labute approximate surface area is 112 Å². The van der Waals surface area contributed by atoms with Crippen LogP contribution in [0.2, 0.25) is 0 Å². The topological polar surface area (TPSA) is 101 Å². The quantitative estimate of drug-likeness (QED) is 0.763. The van der Waals surface area contributed by atoms with Crippen LogP contribution in [-0.4, -0.2) is 26.1 Å². The number of hydrogen-bond acceptors (Lipinski definition) is 4. The lowest BCUT2D eigenvalue weighted by atomic mass is 9.77. The van der Waals surface area contributed by atoms with Crippen LogP contribution < -0.4 is 15.8 Å². The molecule has 0 aliphatic heterocycles. The van der Waals surface area contributed by atoms with Crippen molar-refractivity contribution in [3.8, 4) is 0 Å². The van der Waals surface area contributed by atoms with Crippen LogP contribution >= 0.6 is 0 Å². The van der Waals surface area contributed by atoms with E-state index in [4.69, 9.17) is 5.73 Å². The van der Waals surface area contributed by atoms with Gasteiger partial charge in [0.2, 0.25) is 15.9 Å². The maximum absolute atomic E-state index is 12.0. The summed E-state index contributed by atoms with van der Waals surface area (Å²) in [5, 5.41) is 2.68. The summed E-state index contributed by atoms with van der Waals surface area (Å²) in [6.07, 6.45) is 3.30. The van der Waals surface area contributed by atoms with Gasteiger partial charge < -0.3 is 11.1 Å². The van der Waals surface area contributed by atoms with E-state index in [0.717, 1.165) is 12.7 Å². The molecule has 1 aliphatic carbocycles. The van der Waals surface area contributed by atoms with Crippen LogP contribution in [0.25, 0.3) is 0 Å². The molecule has 19 heavy (non-hydrogen) atoms. The largest absolute Gasteiger partial charge is 0.323 e. The van der Waals surface area contributed by atoms with Crippen molar-refractivity contribution in [1.29, 1.82) is 0 Å². The molecule has 0 heterocycles. The van der Waals surface area contributed by atoms with Crippen molar-refractivity contribution in [2.75, 3.05) is 16.3 Å². The van der Waals surface area contributed by atoms with Crippen LogP contribution in [0, 0.1) is 0 Å². The lowest BCUT2D eigenvalue weighted by molar-refractivity contribution is -0.123. The molecule has 0 spiro atoms. The molecule has 6 nitrogen and oxygen atoms in total. The normalized spacial score (nSPS) is 17.4. The summed E-state index contributed by atoms with van der Waals surface area (Å²) in [7, 11) is -3.40. The third-order valence-corrected chi connectivity index (χ3v) is 3.76. The fraction of sp³-hybridized carbons (Fsp3) is 0.417. The number of carbonyl (C=O) groups is 1. The predicted molar refractivity (Wildman–Crippen MR) is 74.3 cm³/mol. The fourth-order valence-corrected chi connectivity index (χ4v) is 2.49. The maximum Gasteiger partial charge on any atom is 0.244 e. The van der Waals surface area contributed by atoms with Crippen molar-refractivity contribution in [1.82, 2.24) is 0 Å². The molecule has 1 aliphatic rings. The molecule has 0 bridgehead atoms. The first-order valence-electron chi connectivity index (χ1n) is 5.97. The maximum atomic E-state index is 12.0. The first-order valence-corrected chi connectivity index (χ1v) is 7.86. The van der Waals surface area contributed by atoms with E-state index >= 15 is 0 Å². The standard InChI is InChI=1S/C12H17N3O3S/c1-19(17,18)15-10-6-3-2-5-9(10)14-11(16)12(13)7-4-8-12/h2-3,5-6,15H,4,7-8,13H2,1H3,(H,14,16). The zero-order chi connectivity index (χ0) is 14.1. The van der Waals surface area contributed by atoms with Crippen LogP contribution in [0.3, 0.4) is 0 Å². The highest BCUT2D eigenvalue weighted by molar-refractivity contribution is 7.92. The molecule has 0 unspecified atom stereocenters. The molecule has 2 rings (SSSR count). The van der Waals surface area contributed by atoms with Gasteiger partial charge in [-0.2, -0.15) is 0 Å². The Morgan fingerprint density at radius 2 is 1.84 bits per heavy atom. The van der Waals surface area contributed by atoms with Gasteiger partial charge in [0.25, 0.3) is 0 Å². The third kappa shape index (κ3) is 3.24. The van der Waals surface area contributed by atoms with Crippen molar-refractivity contribution < 1.29 is 13.2 Å². The van der Waals surface area contributed by atoms with E-state index in [9.17, 15) is 13.2 Å². The number of nitrogens with one attached hydrogen (secondary N) is 2. The highest BCUT2D eigenvalue weighted by Gasteiger charge is 2.40. The molecule has 0 radical (unpaired) electrons. The van der Waals surface area contributed by atoms with Crippen LogP contribution in [0.5, 0.6) is 0 Å². The summed E-state index contributed by atoms with van der Waals surface area (Å²) in [5.41, 5.74) is 5.85. The Hall–Kier alpha value is -1.60. The third-order valence-electron chi connectivity index (χ3n) is 3.17. The number of nitrogens with two attached hydrogens (primary N) is 1. The summed E-state index contributed by atoms with van der Waals surface area (Å²) < 4.78 is 24.9. The molecule has 0 saturated heterocycles. The van der Waals surface area contributed by atoms with E-state index in [0.29, 0.717) is 24.2 Å². The molecule has 1 saturated carbocycles. The summed E-state index contributed by atoms with van der Waals surface area (Å²) in [6.45, 7) is 0. The van der Waals surface area contributed by atoms with Gasteiger partial charge in [-0.15, -0.1) is 0 Å². The number of sulfonamides is 1. The predicted octanol–water partition coefficient (Wildman–Crippen LogP) is 0.878. The smallest absolute Gasteiger partial charge is 0.244 e. The number of benzene rings is 1. The Balaban J connectivity index is 2.18. The summed E-state index contributed by atoms with van der Waals surface area (Å²) in [5.74, 6) is -0.276. The molecule has 1 aromatic rings. The molecule has 4 N–H and O–H groups in total. The lowest BCUT2D eigenvalue weighted by Crippen LogP contribution is -2.56. The zero-order valence-electron chi connectivity index (χ0n) is 10.6. The minimum Gasteiger partial charge on any atom is -0.323 e. The molecule has 0 aromatic heterocycles. The summed E-state index contributed by atoms with van der Waals surface area (Å²) in [4.78, 5) is 12.0. The van der Waals surface area contributed by atoms with Gasteiger partial charge in [-0.1, -0.05) is 12.1 Å². The molecular formula is C12H17N3O3S. The minimum atomic E-state index is -3.40. The number of para-hydroxylation sites is 2. The fourth-order valence-electron chi connectivity index (χ4n) is 1.91. The number of anilines is 2. The monoisotopic (exact) mass is 283 g/mol. The molecule has 7 heteroatoms. The Morgan fingerprint density at radius 1 is 1.26 bits per heavy atom. The second-order valence-corrected chi connectivity index (χ2v) is 6.63. The highest BCUT2D eigenvalue weighted by atomic mass is 32.2. The number of carbonyl (C=O) groups excluding carboxylic acids is 1. The molecular weight excluding hydrogens is 266 g/mol. The summed E-state index contributed by atoms with van der Waals surface area (Å²) in [6, 6.07) is 6.62. The van der Waals surface area contributed by atoms with Gasteiger partial charge in [-0.05, 0) is 31.4 Å².